The van der Waals surface area contributed by atoms with E-state index in [1.54, 1.807) is 12.1 Å². The molecule has 0 atom stereocenters. The number of unbranched alkanes of at least 4 members (excludes halogenated alkanes) is 2. The molecule has 0 aromatic heterocycles. The van der Waals surface area contributed by atoms with Crippen molar-refractivity contribution in [1.29, 1.82) is 0 Å². The normalized spacial score (nSPS) is 10.2. The second kappa shape index (κ2) is 7.14. The Hall–Kier alpha value is -1.26. The first-order chi connectivity index (χ1) is 8.15. The van der Waals surface area contributed by atoms with Gasteiger partial charge in [0.15, 0.2) is 0 Å². The Morgan fingerprint density at radius 1 is 1.29 bits per heavy atom. The van der Waals surface area contributed by atoms with Crippen molar-refractivity contribution in [3.05, 3.63) is 28.8 Å². The van der Waals surface area contributed by atoms with Crippen LogP contribution in [0.5, 0.6) is 0 Å². The summed E-state index contributed by atoms with van der Waals surface area (Å²) < 4.78 is 0. The fraction of sp³-hybridized carbons (Fsp3) is 0.417. The maximum atomic E-state index is 10.7. The predicted molar refractivity (Wildman–Crippen MR) is 67.8 cm³/mol. The highest BCUT2D eigenvalue weighted by Crippen LogP contribution is 2.20. The van der Waals surface area contributed by atoms with Gasteiger partial charge < -0.3 is 15.5 Å². The van der Waals surface area contributed by atoms with Crippen LogP contribution in [0.15, 0.2) is 18.2 Å². The van der Waals surface area contributed by atoms with Gasteiger partial charge in [0.1, 0.15) is 0 Å². The zero-order valence-electron chi connectivity index (χ0n) is 9.45. The third-order valence-electron chi connectivity index (χ3n) is 2.36. The number of rotatable bonds is 7. The average molecular weight is 258 g/mol. The van der Waals surface area contributed by atoms with Gasteiger partial charge in [0, 0.05) is 18.8 Å². The number of aliphatic hydroxyl groups excluding tert-OH is 1. The highest BCUT2D eigenvalue weighted by atomic mass is 35.5. The summed E-state index contributed by atoms with van der Waals surface area (Å²) in [6.07, 6.45) is 2.73. The summed E-state index contributed by atoms with van der Waals surface area (Å²) in [5.74, 6) is -1.02. The van der Waals surface area contributed by atoms with Gasteiger partial charge >= 0.3 is 5.97 Å². The van der Waals surface area contributed by atoms with Gasteiger partial charge in [-0.3, -0.25) is 0 Å². The molecule has 0 heterocycles. The molecule has 0 aliphatic rings. The minimum Gasteiger partial charge on any atom is -0.478 e. The van der Waals surface area contributed by atoms with Crippen LogP contribution in [0.2, 0.25) is 5.02 Å². The van der Waals surface area contributed by atoms with E-state index in [2.05, 4.69) is 5.32 Å². The molecule has 0 radical (unpaired) electrons. The lowest BCUT2D eigenvalue weighted by Gasteiger charge is -2.07. The van der Waals surface area contributed by atoms with Crippen LogP contribution in [0.25, 0.3) is 0 Å². The molecule has 0 saturated carbocycles. The predicted octanol–water partition coefficient (Wildman–Crippen LogP) is 2.61. The Bertz CT molecular complexity index is 382. The van der Waals surface area contributed by atoms with Gasteiger partial charge in [-0.25, -0.2) is 4.79 Å². The number of aliphatic hydroxyl groups is 1. The van der Waals surface area contributed by atoms with E-state index >= 15 is 0 Å². The van der Waals surface area contributed by atoms with Gasteiger partial charge in [-0.1, -0.05) is 11.6 Å². The zero-order valence-corrected chi connectivity index (χ0v) is 10.2. The molecule has 1 aromatic rings. The molecule has 1 rings (SSSR count). The monoisotopic (exact) mass is 257 g/mol. The Balaban J connectivity index is 2.45. The number of hydrogen-bond donors (Lipinski definition) is 3. The van der Waals surface area contributed by atoms with Crippen molar-refractivity contribution in [3.63, 3.8) is 0 Å². The SMILES string of the molecule is O=C(O)c1ccc(NCCCCCO)cc1Cl. The summed E-state index contributed by atoms with van der Waals surface area (Å²) in [5, 5.41) is 20.8. The number of carboxylic acids is 1. The van der Waals surface area contributed by atoms with Crippen LogP contribution in [0.3, 0.4) is 0 Å². The van der Waals surface area contributed by atoms with Crippen LogP contribution in [-0.4, -0.2) is 29.3 Å². The van der Waals surface area contributed by atoms with E-state index in [0.717, 1.165) is 31.5 Å². The van der Waals surface area contributed by atoms with Gasteiger partial charge in [0.05, 0.1) is 10.6 Å². The Morgan fingerprint density at radius 2 is 2.06 bits per heavy atom. The Kier molecular flexibility index (Phi) is 5.80. The lowest BCUT2D eigenvalue weighted by molar-refractivity contribution is 0.0697. The first-order valence-corrected chi connectivity index (χ1v) is 5.90. The number of carbonyl (C=O) groups is 1. The molecule has 4 nitrogen and oxygen atoms in total. The van der Waals surface area contributed by atoms with Crippen molar-refractivity contribution in [2.75, 3.05) is 18.5 Å². The number of anilines is 1. The molecule has 1 aromatic carbocycles. The van der Waals surface area contributed by atoms with Crippen LogP contribution in [0, 0.1) is 0 Å². The summed E-state index contributed by atoms with van der Waals surface area (Å²) in [5.41, 5.74) is 0.918. The first-order valence-electron chi connectivity index (χ1n) is 5.52. The number of hydrogen-bond acceptors (Lipinski definition) is 3. The number of aromatic carboxylic acids is 1. The fourth-order valence-electron chi connectivity index (χ4n) is 1.44. The van der Waals surface area contributed by atoms with Gasteiger partial charge in [-0.2, -0.15) is 0 Å². The maximum Gasteiger partial charge on any atom is 0.337 e. The van der Waals surface area contributed by atoms with E-state index in [1.165, 1.54) is 6.07 Å². The van der Waals surface area contributed by atoms with Crippen LogP contribution < -0.4 is 5.32 Å². The van der Waals surface area contributed by atoms with E-state index in [4.69, 9.17) is 21.8 Å². The second-order valence-corrected chi connectivity index (χ2v) is 4.12. The molecule has 3 N–H and O–H groups in total. The highest BCUT2D eigenvalue weighted by molar-refractivity contribution is 6.33. The molecular weight excluding hydrogens is 242 g/mol. The van der Waals surface area contributed by atoms with Crippen molar-refractivity contribution >= 4 is 23.3 Å². The van der Waals surface area contributed by atoms with E-state index in [-0.39, 0.29) is 17.2 Å². The van der Waals surface area contributed by atoms with E-state index < -0.39 is 5.97 Å². The molecule has 0 saturated heterocycles. The van der Waals surface area contributed by atoms with Crippen LogP contribution in [0.1, 0.15) is 29.6 Å². The summed E-state index contributed by atoms with van der Waals surface area (Å²) in [6.45, 7) is 1.00. The summed E-state index contributed by atoms with van der Waals surface area (Å²) >= 11 is 5.83. The van der Waals surface area contributed by atoms with Crippen molar-refractivity contribution in [3.8, 4) is 0 Å². The quantitative estimate of drug-likeness (QED) is 0.657. The van der Waals surface area contributed by atoms with E-state index in [0.29, 0.717) is 0 Å². The largest absolute Gasteiger partial charge is 0.478 e. The second-order valence-electron chi connectivity index (χ2n) is 3.71. The standard InChI is InChI=1S/C12H16ClNO3/c13-11-8-9(4-5-10(11)12(16)17)14-6-2-1-3-7-15/h4-5,8,14-15H,1-3,6-7H2,(H,16,17). The molecule has 0 amide bonds. The van der Waals surface area contributed by atoms with E-state index in [1.807, 2.05) is 0 Å². The molecule has 5 heteroatoms. The topological polar surface area (TPSA) is 69.6 Å². The minimum atomic E-state index is -1.02. The molecular formula is C12H16ClNO3. The molecule has 0 aliphatic carbocycles. The summed E-state index contributed by atoms with van der Waals surface area (Å²) in [4.78, 5) is 10.7. The highest BCUT2D eigenvalue weighted by Gasteiger charge is 2.08. The summed E-state index contributed by atoms with van der Waals surface area (Å²) in [6, 6.07) is 4.79. The lowest BCUT2D eigenvalue weighted by Crippen LogP contribution is -2.03. The van der Waals surface area contributed by atoms with Crippen molar-refractivity contribution < 1.29 is 15.0 Å². The van der Waals surface area contributed by atoms with Crippen molar-refractivity contribution in [1.82, 2.24) is 0 Å². The molecule has 0 unspecified atom stereocenters. The first kappa shape index (κ1) is 13.8. The number of carboxylic acid groups (broad SMARTS) is 1. The van der Waals surface area contributed by atoms with Crippen LogP contribution in [-0.2, 0) is 0 Å². The van der Waals surface area contributed by atoms with Gasteiger partial charge in [0.2, 0.25) is 0 Å². The van der Waals surface area contributed by atoms with Crippen LogP contribution in [0.4, 0.5) is 5.69 Å². The third-order valence-corrected chi connectivity index (χ3v) is 2.68. The van der Waals surface area contributed by atoms with Crippen molar-refractivity contribution in [2.24, 2.45) is 0 Å². The zero-order chi connectivity index (χ0) is 12.7. The van der Waals surface area contributed by atoms with Crippen molar-refractivity contribution in [2.45, 2.75) is 19.3 Å². The molecule has 0 bridgehead atoms. The van der Waals surface area contributed by atoms with E-state index in [9.17, 15) is 4.79 Å². The molecule has 0 aliphatic heterocycles. The molecule has 94 valence electrons. The van der Waals surface area contributed by atoms with Crippen LogP contribution >= 0.6 is 11.6 Å². The minimum absolute atomic E-state index is 0.109. The average Bonchev–Trinajstić information content (AvgIpc) is 2.28. The third kappa shape index (κ3) is 4.63. The smallest absolute Gasteiger partial charge is 0.337 e. The maximum absolute atomic E-state index is 10.7. The van der Waals surface area contributed by atoms with Gasteiger partial charge in [-0.15, -0.1) is 0 Å². The Morgan fingerprint density at radius 3 is 2.65 bits per heavy atom. The van der Waals surface area contributed by atoms with Gasteiger partial charge in [0.25, 0.3) is 0 Å². The number of benzene rings is 1. The molecule has 0 spiro atoms. The Labute approximate surface area is 105 Å². The number of halogens is 1. The molecule has 17 heavy (non-hydrogen) atoms. The summed E-state index contributed by atoms with van der Waals surface area (Å²) in [7, 11) is 0. The van der Waals surface area contributed by atoms with Gasteiger partial charge in [-0.05, 0) is 37.5 Å². The fourth-order valence-corrected chi connectivity index (χ4v) is 1.71. The lowest BCUT2D eigenvalue weighted by atomic mass is 10.2. The number of nitrogens with one attached hydrogen (secondary N) is 1. The molecule has 0 fully saturated rings.